The molecule has 2 N–H and O–H groups in total. The molecule has 0 saturated carbocycles. The number of anilines is 2. The minimum Gasteiger partial charge on any atom is -0.494 e. The van der Waals surface area contributed by atoms with Gasteiger partial charge in [0.2, 0.25) is 0 Å². The Morgan fingerprint density at radius 3 is 2.73 bits per heavy atom. The summed E-state index contributed by atoms with van der Waals surface area (Å²) in [6, 6.07) is 8.37. The smallest absolute Gasteiger partial charge is 0.257 e. The second kappa shape index (κ2) is 5.48. The minimum atomic E-state index is -0.520. The molecule has 2 aromatic carbocycles. The number of halogens is 2. The van der Waals surface area contributed by atoms with Crippen LogP contribution in [0.4, 0.5) is 20.2 Å². The second-order valence-electron chi connectivity index (χ2n) is 4.70. The molecule has 1 aliphatic rings. The maximum absolute atomic E-state index is 13.6. The summed E-state index contributed by atoms with van der Waals surface area (Å²) in [5, 5.41) is 5.46. The van der Waals surface area contributed by atoms with Gasteiger partial charge in [-0.05, 0) is 30.3 Å². The third-order valence-electron chi connectivity index (χ3n) is 3.30. The van der Waals surface area contributed by atoms with Gasteiger partial charge in [0.25, 0.3) is 5.91 Å². The zero-order valence-electron chi connectivity index (χ0n) is 11.6. The van der Waals surface area contributed by atoms with Gasteiger partial charge in [-0.25, -0.2) is 8.78 Å². The van der Waals surface area contributed by atoms with Crippen LogP contribution in [0.3, 0.4) is 0 Å². The van der Waals surface area contributed by atoms with E-state index >= 15 is 0 Å². The van der Waals surface area contributed by atoms with Crippen molar-refractivity contribution in [1.82, 2.24) is 0 Å². The number of fused-ring (bicyclic) bond motifs is 1. The highest BCUT2D eigenvalue weighted by Crippen LogP contribution is 2.32. The lowest BCUT2D eigenvalue weighted by Crippen LogP contribution is -2.05. The van der Waals surface area contributed by atoms with Gasteiger partial charge in [0.05, 0.1) is 12.7 Å². The zero-order chi connectivity index (χ0) is 15.7. The fourth-order valence-corrected chi connectivity index (χ4v) is 2.22. The van der Waals surface area contributed by atoms with Crippen LogP contribution >= 0.6 is 0 Å². The van der Waals surface area contributed by atoms with E-state index in [1.54, 1.807) is 6.07 Å². The second-order valence-corrected chi connectivity index (χ2v) is 4.70. The first-order valence-electron chi connectivity index (χ1n) is 6.50. The van der Waals surface area contributed by atoms with Crippen LogP contribution in [0.15, 0.2) is 42.6 Å². The number of rotatable bonds is 3. The molecule has 1 heterocycles. The number of ether oxygens (including phenoxy) is 1. The van der Waals surface area contributed by atoms with Gasteiger partial charge in [0.15, 0.2) is 11.6 Å². The molecule has 0 unspecified atom stereocenters. The highest BCUT2D eigenvalue weighted by atomic mass is 19.1. The predicted octanol–water partition coefficient (Wildman–Crippen LogP) is 3.38. The highest BCUT2D eigenvalue weighted by molar-refractivity contribution is 6.31. The summed E-state index contributed by atoms with van der Waals surface area (Å²) < 4.78 is 31.7. The lowest BCUT2D eigenvalue weighted by molar-refractivity contribution is -0.110. The summed E-state index contributed by atoms with van der Waals surface area (Å²) in [7, 11) is 1.38. The quantitative estimate of drug-likeness (QED) is 0.855. The van der Waals surface area contributed by atoms with Crippen molar-refractivity contribution in [1.29, 1.82) is 0 Å². The van der Waals surface area contributed by atoms with Gasteiger partial charge in [-0.3, -0.25) is 4.79 Å². The first-order valence-corrected chi connectivity index (χ1v) is 6.50. The van der Waals surface area contributed by atoms with Gasteiger partial charge in [-0.2, -0.15) is 0 Å². The lowest BCUT2D eigenvalue weighted by atomic mass is 10.1. The fourth-order valence-electron chi connectivity index (χ4n) is 2.22. The molecule has 0 atom stereocenters. The summed E-state index contributed by atoms with van der Waals surface area (Å²) >= 11 is 0. The molecule has 0 aromatic heterocycles. The number of carbonyl (C=O) groups is 1. The highest BCUT2D eigenvalue weighted by Gasteiger charge is 2.24. The van der Waals surface area contributed by atoms with E-state index in [1.165, 1.54) is 43.6 Å². The van der Waals surface area contributed by atoms with Gasteiger partial charge < -0.3 is 15.4 Å². The summed E-state index contributed by atoms with van der Waals surface area (Å²) in [6.45, 7) is 0. The van der Waals surface area contributed by atoms with Crippen LogP contribution in [-0.4, -0.2) is 13.0 Å². The molecule has 4 nitrogen and oxygen atoms in total. The summed E-state index contributed by atoms with van der Waals surface area (Å²) in [6.07, 6.45) is 1.42. The van der Waals surface area contributed by atoms with Gasteiger partial charge in [0.1, 0.15) is 5.82 Å². The summed E-state index contributed by atoms with van der Waals surface area (Å²) in [5.41, 5.74) is 1.74. The molecule has 0 bridgehead atoms. The molecule has 6 heteroatoms. The molecule has 0 spiro atoms. The number of hydrogen-bond donors (Lipinski definition) is 2. The topological polar surface area (TPSA) is 50.4 Å². The van der Waals surface area contributed by atoms with E-state index in [1.807, 2.05) is 0 Å². The monoisotopic (exact) mass is 302 g/mol. The van der Waals surface area contributed by atoms with Crippen molar-refractivity contribution in [3.05, 3.63) is 59.8 Å². The van der Waals surface area contributed by atoms with Gasteiger partial charge in [0, 0.05) is 29.2 Å². The van der Waals surface area contributed by atoms with Gasteiger partial charge >= 0.3 is 0 Å². The normalized spacial score (nSPS) is 14.7. The zero-order valence-corrected chi connectivity index (χ0v) is 11.6. The number of nitrogens with one attached hydrogen (secondary N) is 2. The Kier molecular flexibility index (Phi) is 3.50. The van der Waals surface area contributed by atoms with Crippen LogP contribution in [0, 0.1) is 11.6 Å². The largest absolute Gasteiger partial charge is 0.494 e. The van der Waals surface area contributed by atoms with Crippen LogP contribution in [0.25, 0.3) is 5.57 Å². The molecule has 3 rings (SSSR count). The van der Waals surface area contributed by atoms with E-state index < -0.39 is 11.6 Å². The SMILES string of the molecule is COc1ccc(N/C=C2/C(=O)Nc3ccc(F)cc32)cc1F. The predicted molar refractivity (Wildman–Crippen MR) is 79.6 cm³/mol. The number of amides is 1. The Morgan fingerprint density at radius 1 is 1.18 bits per heavy atom. The van der Waals surface area contributed by atoms with Crippen LogP contribution in [0.5, 0.6) is 5.75 Å². The molecule has 0 saturated heterocycles. The minimum absolute atomic E-state index is 0.129. The molecule has 1 aliphatic heterocycles. The van der Waals surface area contributed by atoms with E-state index in [9.17, 15) is 13.6 Å². The van der Waals surface area contributed by atoms with Crippen molar-refractivity contribution in [2.24, 2.45) is 0 Å². The van der Waals surface area contributed by atoms with Crippen molar-refractivity contribution in [3.63, 3.8) is 0 Å². The van der Waals surface area contributed by atoms with Crippen molar-refractivity contribution >= 4 is 22.9 Å². The number of carbonyl (C=O) groups excluding carboxylic acids is 1. The van der Waals surface area contributed by atoms with E-state index in [4.69, 9.17) is 4.74 Å². The third kappa shape index (κ3) is 2.50. The first-order chi connectivity index (χ1) is 10.6. The van der Waals surface area contributed by atoms with Crippen molar-refractivity contribution in [2.45, 2.75) is 0 Å². The first kappa shape index (κ1) is 14.1. The molecule has 0 radical (unpaired) electrons. The van der Waals surface area contributed by atoms with E-state index in [0.29, 0.717) is 16.9 Å². The Balaban J connectivity index is 1.89. The van der Waals surface area contributed by atoms with Gasteiger partial charge in [-0.1, -0.05) is 0 Å². The Bertz CT molecular complexity index is 788. The van der Waals surface area contributed by atoms with Crippen LogP contribution in [-0.2, 0) is 4.79 Å². The van der Waals surface area contributed by atoms with E-state index in [-0.39, 0.29) is 17.2 Å². The standard InChI is InChI=1S/C16H12F2N2O2/c1-22-15-5-3-10(7-13(15)18)19-8-12-11-6-9(17)2-4-14(11)20-16(12)21/h2-8,19H,1H3,(H,20,21)/b12-8+. The lowest BCUT2D eigenvalue weighted by Gasteiger charge is -2.06. The molecular formula is C16H12F2N2O2. The number of methoxy groups -OCH3 is 1. The molecule has 1 amide bonds. The molecule has 0 fully saturated rings. The average molecular weight is 302 g/mol. The maximum Gasteiger partial charge on any atom is 0.257 e. The molecular weight excluding hydrogens is 290 g/mol. The molecule has 2 aromatic rings. The molecule has 0 aliphatic carbocycles. The summed E-state index contributed by atoms with van der Waals surface area (Å²) in [4.78, 5) is 11.9. The van der Waals surface area contributed by atoms with Crippen LogP contribution in [0.1, 0.15) is 5.56 Å². The third-order valence-corrected chi connectivity index (χ3v) is 3.30. The maximum atomic E-state index is 13.6. The van der Waals surface area contributed by atoms with E-state index in [0.717, 1.165) is 0 Å². The Morgan fingerprint density at radius 2 is 2.00 bits per heavy atom. The average Bonchev–Trinajstić information content (AvgIpc) is 2.80. The van der Waals surface area contributed by atoms with Crippen molar-refractivity contribution < 1.29 is 18.3 Å². The molecule has 22 heavy (non-hydrogen) atoms. The van der Waals surface area contributed by atoms with Crippen molar-refractivity contribution in [3.8, 4) is 5.75 Å². The Labute approximate surface area is 125 Å². The molecule has 112 valence electrons. The van der Waals surface area contributed by atoms with E-state index in [2.05, 4.69) is 10.6 Å². The van der Waals surface area contributed by atoms with Gasteiger partial charge in [-0.15, -0.1) is 0 Å². The summed E-state index contributed by atoms with van der Waals surface area (Å²) in [5.74, 6) is -1.17. The number of benzene rings is 2. The van der Waals surface area contributed by atoms with Crippen LogP contribution < -0.4 is 15.4 Å². The number of hydrogen-bond acceptors (Lipinski definition) is 3. The Hall–Kier alpha value is -2.89. The fraction of sp³-hybridized carbons (Fsp3) is 0.0625. The van der Waals surface area contributed by atoms with Crippen molar-refractivity contribution in [2.75, 3.05) is 17.7 Å². The van der Waals surface area contributed by atoms with Crippen LogP contribution in [0.2, 0.25) is 0 Å².